The number of furan rings is 1. The van der Waals surface area contributed by atoms with Crippen molar-refractivity contribution in [2.45, 2.75) is 13.5 Å². The van der Waals surface area contributed by atoms with Crippen molar-refractivity contribution in [1.29, 1.82) is 0 Å². The number of benzene rings is 1. The molecule has 2 heterocycles. The number of aryl methyl sites for hydroxylation is 1. The van der Waals surface area contributed by atoms with Gasteiger partial charge < -0.3 is 19.8 Å². The number of halogens is 2. The van der Waals surface area contributed by atoms with Crippen LogP contribution in [0.2, 0.25) is 0 Å². The van der Waals surface area contributed by atoms with Gasteiger partial charge in [0.2, 0.25) is 5.91 Å². The number of hydrogen-bond donors (Lipinski definition) is 2. The Labute approximate surface area is 162 Å². The van der Waals surface area contributed by atoms with Crippen molar-refractivity contribution in [3.63, 3.8) is 0 Å². The van der Waals surface area contributed by atoms with Gasteiger partial charge in [0.1, 0.15) is 5.75 Å². The van der Waals surface area contributed by atoms with Crippen LogP contribution in [0.1, 0.15) is 15.4 Å². The predicted molar refractivity (Wildman–Crippen MR) is 98.6 cm³/mol. The standard InChI is InChI=1S/C18H15F2N3O4S/c1-10-15(11-4-6-12(7-5-11)27-17(19)20)23-18(28-10)22-14(24)9-21-16(25)13-3-2-8-26-13/h2-8,17H,9H2,1H3,(H,21,25)(H,22,23,24). The highest BCUT2D eigenvalue weighted by molar-refractivity contribution is 7.16. The Hall–Kier alpha value is -3.27. The average molecular weight is 407 g/mol. The zero-order chi connectivity index (χ0) is 20.1. The Morgan fingerprint density at radius 2 is 2.00 bits per heavy atom. The third kappa shape index (κ3) is 4.92. The van der Waals surface area contributed by atoms with Gasteiger partial charge in [-0.3, -0.25) is 9.59 Å². The summed E-state index contributed by atoms with van der Waals surface area (Å²) in [7, 11) is 0. The summed E-state index contributed by atoms with van der Waals surface area (Å²) in [4.78, 5) is 28.9. The second-order valence-electron chi connectivity index (χ2n) is 5.53. The minimum absolute atomic E-state index is 0.0486. The number of carbonyl (C=O) groups is 2. The van der Waals surface area contributed by atoms with Crippen LogP contribution in [0, 0.1) is 6.92 Å². The normalized spacial score (nSPS) is 10.7. The molecule has 0 aliphatic rings. The monoisotopic (exact) mass is 407 g/mol. The van der Waals surface area contributed by atoms with E-state index in [0.29, 0.717) is 16.4 Å². The molecule has 0 aliphatic carbocycles. The molecule has 3 aromatic rings. The number of hydrogen-bond acceptors (Lipinski definition) is 6. The number of ether oxygens (including phenoxy) is 1. The summed E-state index contributed by atoms with van der Waals surface area (Å²) < 4.78 is 33.7. The molecule has 2 N–H and O–H groups in total. The average Bonchev–Trinajstić information content (AvgIpc) is 3.30. The van der Waals surface area contributed by atoms with E-state index >= 15 is 0 Å². The number of rotatable bonds is 7. The van der Waals surface area contributed by atoms with E-state index < -0.39 is 18.4 Å². The van der Waals surface area contributed by atoms with Crippen molar-refractivity contribution < 1.29 is 27.5 Å². The highest BCUT2D eigenvalue weighted by atomic mass is 32.1. The SMILES string of the molecule is Cc1sc(NC(=O)CNC(=O)c2ccco2)nc1-c1ccc(OC(F)F)cc1. The summed E-state index contributed by atoms with van der Waals surface area (Å²) >= 11 is 1.26. The minimum Gasteiger partial charge on any atom is -0.459 e. The largest absolute Gasteiger partial charge is 0.459 e. The Balaban J connectivity index is 1.60. The lowest BCUT2D eigenvalue weighted by Crippen LogP contribution is -2.32. The van der Waals surface area contributed by atoms with Gasteiger partial charge in [0, 0.05) is 10.4 Å². The van der Waals surface area contributed by atoms with Crippen LogP contribution >= 0.6 is 11.3 Å². The van der Waals surface area contributed by atoms with Gasteiger partial charge in [-0.25, -0.2) is 4.98 Å². The van der Waals surface area contributed by atoms with Crippen LogP contribution in [-0.4, -0.2) is 30.0 Å². The van der Waals surface area contributed by atoms with Gasteiger partial charge in [-0.1, -0.05) is 0 Å². The third-order valence-corrected chi connectivity index (χ3v) is 4.44. The lowest BCUT2D eigenvalue weighted by Gasteiger charge is -2.05. The number of alkyl halides is 2. The summed E-state index contributed by atoms with van der Waals surface area (Å²) in [5, 5.41) is 5.41. The second-order valence-corrected chi connectivity index (χ2v) is 6.74. The molecule has 0 saturated carbocycles. The molecule has 7 nitrogen and oxygen atoms in total. The zero-order valence-corrected chi connectivity index (χ0v) is 15.4. The lowest BCUT2D eigenvalue weighted by atomic mass is 10.1. The molecule has 0 radical (unpaired) electrons. The van der Waals surface area contributed by atoms with E-state index in [2.05, 4.69) is 20.4 Å². The van der Waals surface area contributed by atoms with Gasteiger partial charge >= 0.3 is 6.61 Å². The van der Waals surface area contributed by atoms with Gasteiger partial charge in [0.15, 0.2) is 10.9 Å². The minimum atomic E-state index is -2.89. The predicted octanol–water partition coefficient (Wildman–Crippen LogP) is 3.68. The number of nitrogens with one attached hydrogen (secondary N) is 2. The molecule has 0 aliphatic heterocycles. The van der Waals surface area contributed by atoms with E-state index in [-0.39, 0.29) is 18.1 Å². The van der Waals surface area contributed by atoms with Crippen LogP contribution < -0.4 is 15.4 Å². The van der Waals surface area contributed by atoms with Gasteiger partial charge in [0.05, 0.1) is 18.5 Å². The molecule has 0 bridgehead atoms. The van der Waals surface area contributed by atoms with E-state index in [1.807, 2.05) is 6.92 Å². The van der Waals surface area contributed by atoms with Gasteiger partial charge in [-0.05, 0) is 43.3 Å². The lowest BCUT2D eigenvalue weighted by molar-refractivity contribution is -0.115. The molecule has 0 spiro atoms. The van der Waals surface area contributed by atoms with Crippen molar-refractivity contribution in [3.05, 3.63) is 53.3 Å². The van der Waals surface area contributed by atoms with Crippen LogP contribution in [0.5, 0.6) is 5.75 Å². The molecule has 0 saturated heterocycles. The molecule has 2 aromatic heterocycles. The van der Waals surface area contributed by atoms with E-state index in [9.17, 15) is 18.4 Å². The van der Waals surface area contributed by atoms with Crippen molar-refractivity contribution in [1.82, 2.24) is 10.3 Å². The number of aromatic nitrogens is 1. The van der Waals surface area contributed by atoms with Crippen molar-refractivity contribution >= 4 is 28.3 Å². The maximum Gasteiger partial charge on any atom is 0.387 e. The molecule has 10 heteroatoms. The molecular formula is C18H15F2N3O4S. The molecule has 0 atom stereocenters. The first-order valence-corrected chi connectivity index (χ1v) is 8.88. The Bertz CT molecular complexity index is 956. The van der Waals surface area contributed by atoms with Crippen LogP contribution in [-0.2, 0) is 4.79 Å². The van der Waals surface area contributed by atoms with Crippen LogP contribution in [0.3, 0.4) is 0 Å². The van der Waals surface area contributed by atoms with E-state index in [1.54, 1.807) is 18.2 Å². The van der Waals surface area contributed by atoms with Crippen molar-refractivity contribution in [3.8, 4) is 17.0 Å². The fourth-order valence-corrected chi connectivity index (χ4v) is 3.18. The fourth-order valence-electron chi connectivity index (χ4n) is 2.33. The summed E-state index contributed by atoms with van der Waals surface area (Å²) in [6.45, 7) is -1.31. The molecule has 146 valence electrons. The fraction of sp³-hybridized carbons (Fsp3) is 0.167. The van der Waals surface area contributed by atoms with E-state index in [1.165, 1.54) is 35.8 Å². The number of anilines is 1. The molecule has 0 fully saturated rings. The first kappa shape index (κ1) is 19.5. The maximum atomic E-state index is 12.2. The summed E-state index contributed by atoms with van der Waals surface area (Å²) in [6, 6.07) is 9.11. The highest BCUT2D eigenvalue weighted by Crippen LogP contribution is 2.31. The van der Waals surface area contributed by atoms with Gasteiger partial charge in [-0.2, -0.15) is 8.78 Å². The second kappa shape index (κ2) is 8.61. The van der Waals surface area contributed by atoms with Crippen molar-refractivity contribution in [2.75, 3.05) is 11.9 Å². The quantitative estimate of drug-likeness (QED) is 0.623. The highest BCUT2D eigenvalue weighted by Gasteiger charge is 2.14. The first-order valence-electron chi connectivity index (χ1n) is 8.06. The molecule has 2 amide bonds. The molecule has 28 heavy (non-hydrogen) atoms. The molecule has 0 unspecified atom stereocenters. The Morgan fingerprint density at radius 1 is 1.25 bits per heavy atom. The van der Waals surface area contributed by atoms with Crippen molar-refractivity contribution in [2.24, 2.45) is 0 Å². The van der Waals surface area contributed by atoms with Gasteiger partial charge in [-0.15, -0.1) is 11.3 Å². The smallest absolute Gasteiger partial charge is 0.387 e. The maximum absolute atomic E-state index is 12.2. The van der Waals surface area contributed by atoms with E-state index in [0.717, 1.165) is 4.88 Å². The summed E-state index contributed by atoms with van der Waals surface area (Å²) in [6.07, 6.45) is 1.36. The molecule has 1 aromatic carbocycles. The zero-order valence-electron chi connectivity index (χ0n) is 14.6. The molecular weight excluding hydrogens is 392 g/mol. The van der Waals surface area contributed by atoms with Crippen LogP contribution in [0.4, 0.5) is 13.9 Å². The Kier molecular flexibility index (Phi) is 5.99. The summed E-state index contributed by atoms with van der Waals surface area (Å²) in [5.41, 5.74) is 1.31. The number of carbonyl (C=O) groups excluding carboxylic acids is 2. The summed E-state index contributed by atoms with van der Waals surface area (Å²) in [5.74, 6) is -0.782. The topological polar surface area (TPSA) is 93.5 Å². The number of nitrogens with zero attached hydrogens (tertiary/aromatic N) is 1. The van der Waals surface area contributed by atoms with Gasteiger partial charge in [0.25, 0.3) is 5.91 Å². The number of amides is 2. The third-order valence-electron chi connectivity index (χ3n) is 3.55. The Morgan fingerprint density at radius 3 is 2.64 bits per heavy atom. The number of thiazole rings is 1. The van der Waals surface area contributed by atoms with Crippen LogP contribution in [0.25, 0.3) is 11.3 Å². The first-order chi connectivity index (χ1) is 13.4. The van der Waals surface area contributed by atoms with E-state index in [4.69, 9.17) is 4.42 Å². The van der Waals surface area contributed by atoms with Crippen LogP contribution in [0.15, 0.2) is 47.1 Å². The molecule has 3 rings (SSSR count).